The highest BCUT2D eigenvalue weighted by atomic mass is 15.1. The zero-order valence-electron chi connectivity index (χ0n) is 29.9. The molecular weight excluding hydrogens is 641 g/mol. The molecule has 0 saturated carbocycles. The maximum Gasteiger partial charge on any atom is 0.0541 e. The summed E-state index contributed by atoms with van der Waals surface area (Å²) >= 11 is 0. The number of benzene rings is 8. The topological polar surface area (TPSA) is 8.17 Å². The Kier molecular flexibility index (Phi) is 7.03. The Morgan fingerprint density at radius 2 is 1.06 bits per heavy atom. The molecule has 0 unspecified atom stereocenters. The van der Waals surface area contributed by atoms with E-state index in [1.165, 1.54) is 71.6 Å². The molecule has 10 rings (SSSR count). The van der Waals surface area contributed by atoms with Crippen LogP contribution in [-0.4, -0.2) is 4.57 Å². The lowest BCUT2D eigenvalue weighted by molar-refractivity contribution is 0.660. The highest BCUT2D eigenvalue weighted by molar-refractivity contribution is 6.09. The normalized spacial score (nSPS) is 12.9. The van der Waals surface area contributed by atoms with E-state index < -0.39 is 0 Å². The summed E-state index contributed by atoms with van der Waals surface area (Å²) in [5, 5.41) is 5.00. The second-order valence-corrected chi connectivity index (χ2v) is 14.7. The number of hydrogen-bond acceptors (Lipinski definition) is 1. The minimum Gasteiger partial charge on any atom is -0.310 e. The smallest absolute Gasteiger partial charge is 0.0541 e. The largest absolute Gasteiger partial charge is 0.310 e. The molecule has 1 aliphatic carbocycles. The summed E-state index contributed by atoms with van der Waals surface area (Å²) in [5.74, 6) is 0. The minimum atomic E-state index is -0.207. The number of anilines is 3. The predicted octanol–water partition coefficient (Wildman–Crippen LogP) is 14.0. The van der Waals surface area contributed by atoms with Crippen LogP contribution in [0.15, 0.2) is 183 Å². The van der Waals surface area contributed by atoms with E-state index in [2.05, 4.69) is 206 Å². The molecular formula is C51H38N2. The second-order valence-electron chi connectivity index (χ2n) is 14.7. The molecule has 2 heteroatoms. The molecule has 1 heterocycles. The number of fused-ring (bicyclic) bond motifs is 7. The Morgan fingerprint density at radius 1 is 0.509 bits per heavy atom. The van der Waals surface area contributed by atoms with E-state index in [0.29, 0.717) is 0 Å². The van der Waals surface area contributed by atoms with Crippen LogP contribution in [0.25, 0.3) is 66.6 Å². The monoisotopic (exact) mass is 678 g/mol. The van der Waals surface area contributed by atoms with Crippen LogP contribution >= 0.6 is 0 Å². The zero-order valence-corrected chi connectivity index (χ0v) is 29.9. The van der Waals surface area contributed by atoms with Crippen molar-refractivity contribution in [2.24, 2.45) is 0 Å². The predicted molar refractivity (Wildman–Crippen MR) is 226 cm³/mol. The number of hydrogen-bond donors (Lipinski definition) is 0. The third-order valence-corrected chi connectivity index (χ3v) is 11.4. The Hall–Kier alpha value is -6.64. The number of para-hydroxylation sites is 2. The molecule has 0 atom stereocenters. The molecule has 0 aliphatic heterocycles. The van der Waals surface area contributed by atoms with Crippen molar-refractivity contribution in [1.29, 1.82) is 0 Å². The van der Waals surface area contributed by atoms with E-state index in [1.807, 2.05) is 6.08 Å². The summed E-state index contributed by atoms with van der Waals surface area (Å²) in [6.07, 6.45) is 1.88. The van der Waals surface area contributed by atoms with Gasteiger partial charge in [0.15, 0.2) is 0 Å². The maximum absolute atomic E-state index is 3.91. The van der Waals surface area contributed by atoms with Crippen LogP contribution in [-0.2, 0) is 5.41 Å². The third kappa shape index (κ3) is 4.87. The van der Waals surface area contributed by atoms with E-state index >= 15 is 0 Å². The SMILES string of the molecule is C=Cc1ccc(-c2ccc(N(c3ccc4c(c3)C(C)(C)c3cc(-n5c6ccccc6c6ccccc65)ccc3-4)c3cccc4ccccc34)cc2)cc1. The number of aromatic nitrogens is 1. The Labute approximate surface area is 310 Å². The molecule has 0 amide bonds. The summed E-state index contributed by atoms with van der Waals surface area (Å²) in [4.78, 5) is 2.43. The molecule has 53 heavy (non-hydrogen) atoms. The van der Waals surface area contributed by atoms with Gasteiger partial charge >= 0.3 is 0 Å². The van der Waals surface area contributed by atoms with Gasteiger partial charge in [0.05, 0.1) is 16.7 Å². The van der Waals surface area contributed by atoms with Crippen LogP contribution in [0.3, 0.4) is 0 Å². The quantitative estimate of drug-likeness (QED) is 0.170. The average molecular weight is 679 g/mol. The molecule has 0 saturated heterocycles. The molecule has 1 aromatic heterocycles. The van der Waals surface area contributed by atoms with Gasteiger partial charge in [0.1, 0.15) is 0 Å². The van der Waals surface area contributed by atoms with Crippen molar-refractivity contribution in [1.82, 2.24) is 4.57 Å². The molecule has 0 spiro atoms. The van der Waals surface area contributed by atoms with Crippen LogP contribution in [0.1, 0.15) is 30.5 Å². The molecule has 0 bridgehead atoms. The van der Waals surface area contributed by atoms with Crippen LogP contribution in [0.2, 0.25) is 0 Å². The van der Waals surface area contributed by atoms with Crippen molar-refractivity contribution in [3.8, 4) is 27.9 Å². The molecule has 0 radical (unpaired) electrons. The van der Waals surface area contributed by atoms with Crippen molar-refractivity contribution in [2.75, 3.05) is 4.90 Å². The van der Waals surface area contributed by atoms with E-state index in [9.17, 15) is 0 Å². The standard InChI is InChI=1S/C51H38N2/c1-4-34-20-22-35(23-21-34)36-24-26-38(27-25-36)52(48-19-11-13-37-12-5-6-14-41(37)48)39-28-30-42-43-31-29-40(33-47(43)51(2,3)46(42)32-39)53-49-17-9-7-15-44(49)45-16-8-10-18-50(45)53/h4-33H,1H2,2-3H3. The average Bonchev–Trinajstić information content (AvgIpc) is 3.66. The molecule has 0 N–H and O–H groups in total. The summed E-state index contributed by atoms with van der Waals surface area (Å²) < 4.78 is 2.43. The van der Waals surface area contributed by atoms with E-state index in [-0.39, 0.29) is 5.41 Å². The van der Waals surface area contributed by atoms with Crippen LogP contribution in [0, 0.1) is 0 Å². The molecule has 2 nitrogen and oxygen atoms in total. The number of nitrogens with zero attached hydrogens (tertiary/aromatic N) is 2. The zero-order chi connectivity index (χ0) is 35.7. The first-order chi connectivity index (χ1) is 26.0. The molecule has 8 aromatic carbocycles. The summed E-state index contributed by atoms with van der Waals surface area (Å²) in [6.45, 7) is 8.67. The Balaban J connectivity index is 1.10. The van der Waals surface area contributed by atoms with Gasteiger partial charge in [-0.15, -0.1) is 0 Å². The fraction of sp³-hybridized carbons (Fsp3) is 0.0588. The van der Waals surface area contributed by atoms with Crippen molar-refractivity contribution < 1.29 is 0 Å². The van der Waals surface area contributed by atoms with Crippen LogP contribution < -0.4 is 4.90 Å². The summed E-state index contributed by atoms with van der Waals surface area (Å²) in [5.41, 5.74) is 15.7. The van der Waals surface area contributed by atoms with Crippen LogP contribution in [0.4, 0.5) is 17.1 Å². The van der Waals surface area contributed by atoms with E-state index in [0.717, 1.165) is 22.6 Å². The van der Waals surface area contributed by atoms with Crippen molar-refractivity contribution in [3.05, 3.63) is 199 Å². The van der Waals surface area contributed by atoms with Gasteiger partial charge in [0, 0.05) is 38.6 Å². The van der Waals surface area contributed by atoms with E-state index in [1.54, 1.807) is 0 Å². The summed E-state index contributed by atoms with van der Waals surface area (Å²) in [7, 11) is 0. The minimum absolute atomic E-state index is 0.207. The summed E-state index contributed by atoms with van der Waals surface area (Å²) in [6, 6.07) is 64.5. The van der Waals surface area contributed by atoms with Crippen LogP contribution in [0.5, 0.6) is 0 Å². The van der Waals surface area contributed by atoms with Gasteiger partial charge in [-0.05, 0) is 98.9 Å². The first kappa shape index (κ1) is 31.1. The highest BCUT2D eigenvalue weighted by Crippen LogP contribution is 2.52. The molecule has 252 valence electrons. The maximum atomic E-state index is 3.91. The molecule has 0 fully saturated rings. The van der Waals surface area contributed by atoms with Gasteiger partial charge in [-0.1, -0.05) is 148 Å². The van der Waals surface area contributed by atoms with Gasteiger partial charge in [0.2, 0.25) is 0 Å². The Morgan fingerprint density at radius 3 is 1.74 bits per heavy atom. The lowest BCUT2D eigenvalue weighted by Gasteiger charge is -2.29. The van der Waals surface area contributed by atoms with Gasteiger partial charge in [-0.25, -0.2) is 0 Å². The first-order valence-corrected chi connectivity index (χ1v) is 18.4. The van der Waals surface area contributed by atoms with Gasteiger partial charge in [-0.3, -0.25) is 0 Å². The first-order valence-electron chi connectivity index (χ1n) is 18.4. The second kappa shape index (κ2) is 12.0. The lowest BCUT2D eigenvalue weighted by atomic mass is 9.82. The van der Waals surface area contributed by atoms with Gasteiger partial charge in [-0.2, -0.15) is 0 Å². The molecule has 9 aromatic rings. The third-order valence-electron chi connectivity index (χ3n) is 11.4. The molecule has 1 aliphatic rings. The van der Waals surface area contributed by atoms with Crippen molar-refractivity contribution >= 4 is 55.7 Å². The van der Waals surface area contributed by atoms with Gasteiger partial charge in [0.25, 0.3) is 0 Å². The van der Waals surface area contributed by atoms with Crippen molar-refractivity contribution in [3.63, 3.8) is 0 Å². The fourth-order valence-electron chi connectivity index (χ4n) is 8.64. The highest BCUT2D eigenvalue weighted by Gasteiger charge is 2.36. The van der Waals surface area contributed by atoms with Crippen molar-refractivity contribution in [2.45, 2.75) is 19.3 Å². The van der Waals surface area contributed by atoms with Gasteiger partial charge < -0.3 is 9.47 Å². The lowest BCUT2D eigenvalue weighted by Crippen LogP contribution is -2.17. The number of rotatable bonds is 6. The van der Waals surface area contributed by atoms with E-state index in [4.69, 9.17) is 0 Å². The fourth-order valence-corrected chi connectivity index (χ4v) is 8.64. The Bertz CT molecular complexity index is 2810.